The molecule has 4 amide bonds. The van der Waals surface area contributed by atoms with Crippen LogP contribution in [-0.4, -0.2) is 136 Å². The molecule has 8 atom stereocenters. The minimum Gasteiger partial charge on any atom is -0.507 e. The number of aliphatic hydroxyl groups excluding tert-OH is 2. The maximum absolute atomic E-state index is 14.0. The molecule has 20 nitrogen and oxygen atoms in total. The predicted octanol–water partition coefficient (Wildman–Crippen LogP) is -0.508. The van der Waals surface area contributed by atoms with E-state index in [1.807, 2.05) is 13.8 Å². The fourth-order valence-electron chi connectivity index (χ4n) is 8.69. The SMILES string of the molecule is COc1cccc2c1C(=O)c1c(O)c3c(c(O)c1C2=O)C[C@@](O)(C(=O)CO)C[C@@H]3O[C@H]1C[C@H](NC(=O)CNC(=O)[C@H](Cc2ccccc2)NC(=O)[C@H](CC(C)C)NC(=O)CN)[C@H](O)[C@H](C)O1. The number of aromatic hydroxyl groups is 2. The van der Waals surface area contributed by atoms with Crippen LogP contribution in [0, 0.1) is 5.92 Å². The molecule has 3 aliphatic rings. The van der Waals surface area contributed by atoms with Gasteiger partial charge >= 0.3 is 0 Å². The van der Waals surface area contributed by atoms with Crippen LogP contribution in [0.1, 0.15) is 94.7 Å². The first-order valence-electron chi connectivity index (χ1n) is 21.5. The summed E-state index contributed by atoms with van der Waals surface area (Å²) >= 11 is 0. The Bertz CT molecular complexity index is 2390. The molecule has 0 saturated carbocycles. The number of phenols is 2. The minimum atomic E-state index is -2.41. The van der Waals surface area contributed by atoms with Crippen LogP contribution in [0.2, 0.25) is 0 Å². The van der Waals surface area contributed by atoms with Crippen molar-refractivity contribution in [3.8, 4) is 17.2 Å². The van der Waals surface area contributed by atoms with Crippen molar-refractivity contribution in [3.63, 3.8) is 0 Å². The number of hydrogen-bond donors (Lipinski definition) is 10. The van der Waals surface area contributed by atoms with E-state index in [4.69, 9.17) is 19.9 Å². The van der Waals surface area contributed by atoms with E-state index in [1.165, 1.54) is 32.2 Å². The standard InChI is InChI=1S/C46H55N5O15/c1-21(2)13-27(50-32(54)18-47)45(62)51-28(14-23-9-6-5-7-10-23)44(61)48-19-33(55)49-26-15-34(65-22(3)39(26)56)66-30-17-46(63,31(53)20-52)16-25-36(30)43(60)38-37(41(25)58)40(57)24-11-8-12-29(64-4)35(24)42(38)59/h5-12,21-22,26-28,30,34,39,52,56,58,60,63H,13-20,47H2,1-4H3,(H,48,61)(H,49,55)(H,50,54)(H,51,62)/t22-,26-,27-,28-,30-,34-,39+,46-/m0/s1. The minimum absolute atomic E-state index is 0.0124. The fraction of sp³-hybridized carbons (Fsp3) is 0.457. The van der Waals surface area contributed by atoms with E-state index < -0.39 is 138 Å². The van der Waals surface area contributed by atoms with Crippen LogP contribution < -0.4 is 31.7 Å². The van der Waals surface area contributed by atoms with Crippen molar-refractivity contribution in [3.05, 3.63) is 87.5 Å². The molecule has 20 heteroatoms. The van der Waals surface area contributed by atoms with Gasteiger partial charge in [-0.25, -0.2) is 0 Å². The maximum Gasteiger partial charge on any atom is 0.243 e. The third kappa shape index (κ3) is 10.2. The largest absolute Gasteiger partial charge is 0.507 e. The Morgan fingerprint density at radius 2 is 1.61 bits per heavy atom. The molecule has 1 fully saturated rings. The lowest BCUT2D eigenvalue weighted by atomic mass is 9.72. The molecule has 3 aromatic carbocycles. The highest BCUT2D eigenvalue weighted by molar-refractivity contribution is 6.31. The number of hydrogen-bond acceptors (Lipinski definition) is 16. The van der Waals surface area contributed by atoms with Crippen LogP contribution in [0.5, 0.6) is 17.2 Å². The summed E-state index contributed by atoms with van der Waals surface area (Å²) in [6.07, 6.45) is -6.64. The number of nitrogens with two attached hydrogens (primary N) is 1. The number of rotatable bonds is 17. The molecule has 0 aromatic heterocycles. The number of nitrogens with one attached hydrogen (secondary N) is 4. The summed E-state index contributed by atoms with van der Waals surface area (Å²) in [5.41, 5.74) is 1.75. The Hall–Kier alpha value is -6.29. The molecule has 1 saturated heterocycles. The number of methoxy groups -OCH3 is 1. The first-order chi connectivity index (χ1) is 31.3. The number of benzene rings is 3. The van der Waals surface area contributed by atoms with Crippen LogP contribution in [0.15, 0.2) is 48.5 Å². The molecule has 354 valence electrons. The summed E-state index contributed by atoms with van der Waals surface area (Å²) < 4.78 is 17.5. The molecule has 1 aliphatic heterocycles. The summed E-state index contributed by atoms with van der Waals surface area (Å²) in [4.78, 5) is 93.6. The topological polar surface area (TPSA) is 322 Å². The van der Waals surface area contributed by atoms with Gasteiger partial charge in [-0.15, -0.1) is 0 Å². The summed E-state index contributed by atoms with van der Waals surface area (Å²) in [7, 11) is 1.29. The third-order valence-corrected chi connectivity index (χ3v) is 12.0. The highest BCUT2D eigenvalue weighted by atomic mass is 16.7. The highest BCUT2D eigenvalue weighted by Gasteiger charge is 2.50. The molecule has 1 heterocycles. The zero-order valence-electron chi connectivity index (χ0n) is 36.8. The second-order valence-electron chi connectivity index (χ2n) is 17.1. The van der Waals surface area contributed by atoms with Gasteiger partial charge in [-0.2, -0.15) is 0 Å². The van der Waals surface area contributed by atoms with Gasteiger partial charge in [0.05, 0.1) is 55.1 Å². The van der Waals surface area contributed by atoms with Crippen molar-refractivity contribution in [1.29, 1.82) is 0 Å². The summed E-state index contributed by atoms with van der Waals surface area (Å²) in [6.45, 7) is 3.09. The molecule has 2 aliphatic carbocycles. The van der Waals surface area contributed by atoms with Crippen LogP contribution in [0.4, 0.5) is 0 Å². The molecule has 6 rings (SSSR count). The van der Waals surface area contributed by atoms with E-state index in [1.54, 1.807) is 30.3 Å². The second kappa shape index (κ2) is 20.5. The summed E-state index contributed by atoms with van der Waals surface area (Å²) in [6, 6.07) is 9.72. The average Bonchev–Trinajstić information content (AvgIpc) is 3.28. The second-order valence-corrected chi connectivity index (χ2v) is 17.1. The molecule has 11 N–H and O–H groups in total. The number of phenolic OH excluding ortho intramolecular Hbond substituents is 2. The molecule has 0 bridgehead atoms. The van der Waals surface area contributed by atoms with E-state index >= 15 is 0 Å². The molecule has 0 radical (unpaired) electrons. The smallest absolute Gasteiger partial charge is 0.243 e. The average molecular weight is 918 g/mol. The van der Waals surface area contributed by atoms with Crippen molar-refractivity contribution in [2.45, 2.75) is 101 Å². The normalized spacial score (nSPS) is 23.1. The summed E-state index contributed by atoms with van der Waals surface area (Å²) in [5, 5.41) is 66.5. The van der Waals surface area contributed by atoms with Gasteiger partial charge in [-0.1, -0.05) is 56.3 Å². The Morgan fingerprint density at radius 3 is 2.26 bits per heavy atom. The van der Waals surface area contributed by atoms with Gasteiger partial charge in [0.25, 0.3) is 0 Å². The lowest BCUT2D eigenvalue weighted by molar-refractivity contribution is -0.249. The van der Waals surface area contributed by atoms with Crippen LogP contribution >= 0.6 is 0 Å². The van der Waals surface area contributed by atoms with Gasteiger partial charge < -0.3 is 66.7 Å². The molecular weight excluding hydrogens is 863 g/mol. The van der Waals surface area contributed by atoms with Crippen molar-refractivity contribution in [2.24, 2.45) is 11.7 Å². The van der Waals surface area contributed by atoms with Crippen LogP contribution in [-0.2, 0) is 46.3 Å². The van der Waals surface area contributed by atoms with Gasteiger partial charge in [0.15, 0.2) is 17.9 Å². The predicted molar refractivity (Wildman–Crippen MR) is 231 cm³/mol. The first kappa shape index (κ1) is 49.2. The quantitative estimate of drug-likeness (QED) is 0.0597. The van der Waals surface area contributed by atoms with Gasteiger partial charge in [-0.3, -0.25) is 33.6 Å². The Labute approximate surface area is 379 Å². The summed E-state index contributed by atoms with van der Waals surface area (Å²) in [5.74, 6) is -7.04. The van der Waals surface area contributed by atoms with Crippen molar-refractivity contribution in [1.82, 2.24) is 21.3 Å². The molecule has 3 aromatic rings. The molecular formula is C46H55N5O15. The Balaban J connectivity index is 1.21. The Morgan fingerprint density at radius 1 is 0.909 bits per heavy atom. The zero-order chi connectivity index (χ0) is 48.2. The number of carbonyl (C=O) groups is 7. The van der Waals surface area contributed by atoms with Gasteiger partial charge in [0.1, 0.15) is 47.6 Å². The number of Topliss-reactive ketones (excluding diaryl/α,β-unsaturated/α-hetero) is 1. The van der Waals surface area contributed by atoms with Crippen molar-refractivity contribution in [2.75, 3.05) is 26.8 Å². The van der Waals surface area contributed by atoms with Crippen LogP contribution in [0.3, 0.4) is 0 Å². The van der Waals surface area contributed by atoms with Gasteiger partial charge in [0.2, 0.25) is 29.4 Å². The fourth-order valence-corrected chi connectivity index (χ4v) is 8.69. The van der Waals surface area contributed by atoms with Gasteiger partial charge in [-0.05, 0) is 30.9 Å². The van der Waals surface area contributed by atoms with E-state index in [0.717, 1.165) is 0 Å². The number of ketones is 3. The number of aliphatic hydroxyl groups is 3. The zero-order valence-corrected chi connectivity index (χ0v) is 36.8. The highest BCUT2D eigenvalue weighted by Crippen LogP contribution is 2.52. The number of carbonyl (C=O) groups excluding carboxylic acids is 7. The first-order valence-corrected chi connectivity index (χ1v) is 21.5. The monoisotopic (exact) mass is 917 g/mol. The lowest BCUT2D eigenvalue weighted by Crippen LogP contribution is -2.58. The van der Waals surface area contributed by atoms with Crippen molar-refractivity contribution < 1.29 is 73.3 Å². The van der Waals surface area contributed by atoms with E-state index in [-0.39, 0.29) is 59.7 Å². The number of fused-ring (bicyclic) bond motifs is 3. The van der Waals surface area contributed by atoms with E-state index in [9.17, 15) is 59.1 Å². The van der Waals surface area contributed by atoms with E-state index in [0.29, 0.717) is 5.56 Å². The molecule has 66 heavy (non-hydrogen) atoms. The number of amides is 4. The molecule has 0 unspecified atom stereocenters. The molecule has 0 spiro atoms. The van der Waals surface area contributed by atoms with Gasteiger partial charge in [0, 0.05) is 42.4 Å². The third-order valence-electron chi connectivity index (χ3n) is 12.0. The van der Waals surface area contributed by atoms with Crippen molar-refractivity contribution >= 4 is 41.0 Å². The lowest BCUT2D eigenvalue weighted by Gasteiger charge is -2.43. The van der Waals surface area contributed by atoms with Crippen LogP contribution in [0.25, 0.3) is 0 Å². The Kier molecular flexibility index (Phi) is 15.3. The maximum atomic E-state index is 14.0. The van der Waals surface area contributed by atoms with E-state index in [2.05, 4.69) is 21.3 Å². The number of ether oxygens (including phenoxy) is 3.